The van der Waals surface area contributed by atoms with Gasteiger partial charge in [-0.15, -0.1) is 6.42 Å². The zero-order valence-corrected chi connectivity index (χ0v) is 10.1. The molecular weight excluding hydrogens is 220 g/mol. The summed E-state index contributed by atoms with van der Waals surface area (Å²) in [7, 11) is 0. The van der Waals surface area contributed by atoms with Crippen molar-refractivity contribution in [2.24, 2.45) is 0 Å². The zero-order chi connectivity index (χ0) is 12.7. The molecule has 1 fully saturated rings. The van der Waals surface area contributed by atoms with Gasteiger partial charge in [-0.3, -0.25) is 14.5 Å². The molecule has 5 heteroatoms. The van der Waals surface area contributed by atoms with E-state index >= 15 is 0 Å². The van der Waals surface area contributed by atoms with Gasteiger partial charge in [0.1, 0.15) is 6.04 Å². The highest BCUT2D eigenvalue weighted by molar-refractivity contribution is 5.81. The van der Waals surface area contributed by atoms with Gasteiger partial charge in [-0.25, -0.2) is 0 Å². The minimum atomic E-state index is -0.286. The normalized spacial score (nSPS) is 19.6. The van der Waals surface area contributed by atoms with Crippen molar-refractivity contribution in [1.29, 1.82) is 0 Å². The van der Waals surface area contributed by atoms with Crippen molar-refractivity contribution in [2.75, 3.05) is 26.2 Å². The number of nitrogens with one attached hydrogen (secondary N) is 1. The molecule has 1 rings (SSSR count). The van der Waals surface area contributed by atoms with Crippen molar-refractivity contribution in [3.05, 3.63) is 0 Å². The molecule has 0 radical (unpaired) electrons. The Morgan fingerprint density at radius 1 is 1.59 bits per heavy atom. The number of carbonyl (C=O) groups excluding carboxylic acids is 2. The third-order valence-electron chi connectivity index (χ3n) is 2.66. The minimum Gasteiger partial charge on any atom is -0.465 e. The number of rotatable bonds is 5. The van der Waals surface area contributed by atoms with Crippen LogP contribution in [0.1, 0.15) is 19.8 Å². The Labute approximate surface area is 101 Å². The van der Waals surface area contributed by atoms with Crippen LogP contribution in [0.5, 0.6) is 0 Å². The van der Waals surface area contributed by atoms with Crippen LogP contribution in [-0.2, 0) is 14.3 Å². The molecule has 0 aromatic heterocycles. The van der Waals surface area contributed by atoms with E-state index in [2.05, 4.69) is 11.2 Å². The Morgan fingerprint density at radius 2 is 2.35 bits per heavy atom. The Morgan fingerprint density at radius 3 is 3.00 bits per heavy atom. The maximum absolute atomic E-state index is 11.6. The first kappa shape index (κ1) is 13.5. The summed E-state index contributed by atoms with van der Waals surface area (Å²) < 4.78 is 4.97. The summed E-state index contributed by atoms with van der Waals surface area (Å²) in [5.41, 5.74) is 0. The lowest BCUT2D eigenvalue weighted by atomic mass is 10.2. The van der Waals surface area contributed by atoms with Gasteiger partial charge in [0.25, 0.3) is 0 Å². The van der Waals surface area contributed by atoms with E-state index < -0.39 is 0 Å². The van der Waals surface area contributed by atoms with Crippen LogP contribution in [0.2, 0.25) is 0 Å². The highest BCUT2D eigenvalue weighted by Crippen LogP contribution is 2.17. The highest BCUT2D eigenvalue weighted by atomic mass is 16.5. The Balaban J connectivity index is 2.44. The van der Waals surface area contributed by atoms with Gasteiger partial charge >= 0.3 is 5.97 Å². The highest BCUT2D eigenvalue weighted by Gasteiger charge is 2.32. The number of terminal acetylenes is 1. The van der Waals surface area contributed by atoms with Gasteiger partial charge < -0.3 is 10.1 Å². The van der Waals surface area contributed by atoms with E-state index in [1.54, 1.807) is 6.92 Å². The summed E-state index contributed by atoms with van der Waals surface area (Å²) in [5, 5.41) is 2.58. The largest absolute Gasteiger partial charge is 0.465 e. The van der Waals surface area contributed by atoms with Gasteiger partial charge in [0, 0.05) is 0 Å². The number of esters is 1. The van der Waals surface area contributed by atoms with Gasteiger partial charge in [-0.1, -0.05) is 5.92 Å². The van der Waals surface area contributed by atoms with Crippen molar-refractivity contribution < 1.29 is 14.3 Å². The fourth-order valence-corrected chi connectivity index (χ4v) is 1.91. The fraction of sp³-hybridized carbons (Fsp3) is 0.667. The minimum absolute atomic E-state index is 0.154. The van der Waals surface area contributed by atoms with Gasteiger partial charge in [-0.05, 0) is 26.3 Å². The molecule has 1 heterocycles. The number of hydrogen-bond donors (Lipinski definition) is 1. The number of hydrogen-bond acceptors (Lipinski definition) is 4. The zero-order valence-electron chi connectivity index (χ0n) is 10.1. The molecule has 1 saturated heterocycles. The average Bonchev–Trinajstić information content (AvgIpc) is 2.75. The van der Waals surface area contributed by atoms with Crippen LogP contribution in [0.4, 0.5) is 0 Å². The van der Waals surface area contributed by atoms with Gasteiger partial charge in [0.2, 0.25) is 5.91 Å². The second-order valence-electron chi connectivity index (χ2n) is 3.86. The molecule has 17 heavy (non-hydrogen) atoms. The maximum Gasteiger partial charge on any atom is 0.323 e. The lowest BCUT2D eigenvalue weighted by Gasteiger charge is -2.21. The molecule has 1 aliphatic heterocycles. The maximum atomic E-state index is 11.6. The lowest BCUT2D eigenvalue weighted by Crippen LogP contribution is -2.43. The van der Waals surface area contributed by atoms with E-state index in [4.69, 9.17) is 11.2 Å². The molecule has 0 bridgehead atoms. The van der Waals surface area contributed by atoms with Crippen molar-refractivity contribution in [1.82, 2.24) is 10.2 Å². The Bertz CT molecular complexity index is 322. The van der Waals surface area contributed by atoms with Crippen LogP contribution in [0, 0.1) is 12.3 Å². The van der Waals surface area contributed by atoms with Gasteiger partial charge in [0.05, 0.1) is 19.7 Å². The number of amides is 1. The predicted octanol–water partition coefficient (Wildman–Crippen LogP) is -0.237. The van der Waals surface area contributed by atoms with E-state index in [1.165, 1.54) is 0 Å². The molecule has 0 aromatic rings. The Kier molecular flexibility index (Phi) is 5.50. The molecule has 0 aromatic carbocycles. The quantitative estimate of drug-likeness (QED) is 0.530. The van der Waals surface area contributed by atoms with E-state index in [1.807, 2.05) is 4.90 Å². The smallest absolute Gasteiger partial charge is 0.323 e. The summed E-state index contributed by atoms with van der Waals surface area (Å²) >= 11 is 0. The monoisotopic (exact) mass is 238 g/mol. The van der Waals surface area contributed by atoms with Crippen molar-refractivity contribution in [3.8, 4) is 12.3 Å². The first-order valence-corrected chi connectivity index (χ1v) is 5.80. The molecule has 94 valence electrons. The number of nitrogens with zero attached hydrogens (tertiary/aromatic N) is 1. The van der Waals surface area contributed by atoms with E-state index in [-0.39, 0.29) is 31.0 Å². The number of carbonyl (C=O) groups is 2. The third kappa shape index (κ3) is 4.08. The molecule has 1 unspecified atom stereocenters. The van der Waals surface area contributed by atoms with Crippen LogP contribution in [-0.4, -0.2) is 49.1 Å². The number of ether oxygens (including phenoxy) is 1. The summed E-state index contributed by atoms with van der Waals surface area (Å²) in [6.07, 6.45) is 6.71. The summed E-state index contributed by atoms with van der Waals surface area (Å²) in [6, 6.07) is -0.286. The number of likely N-dealkylation sites (tertiary alicyclic amines) is 1. The second-order valence-corrected chi connectivity index (χ2v) is 3.86. The van der Waals surface area contributed by atoms with Crippen LogP contribution in [0.25, 0.3) is 0 Å². The van der Waals surface area contributed by atoms with Gasteiger partial charge in [0.15, 0.2) is 0 Å². The molecule has 1 N–H and O–H groups in total. The van der Waals surface area contributed by atoms with Crippen LogP contribution in [0.15, 0.2) is 0 Å². The lowest BCUT2D eigenvalue weighted by molar-refractivity contribution is -0.148. The fourth-order valence-electron chi connectivity index (χ4n) is 1.91. The van der Waals surface area contributed by atoms with Crippen molar-refractivity contribution in [3.63, 3.8) is 0 Å². The molecule has 1 amide bonds. The topological polar surface area (TPSA) is 58.6 Å². The molecule has 0 spiro atoms. The third-order valence-corrected chi connectivity index (χ3v) is 2.66. The first-order valence-electron chi connectivity index (χ1n) is 5.80. The molecule has 5 nitrogen and oxygen atoms in total. The molecule has 1 aliphatic rings. The second kappa shape index (κ2) is 6.92. The molecule has 1 atom stereocenters. The summed E-state index contributed by atoms with van der Waals surface area (Å²) in [4.78, 5) is 24.9. The molecular formula is C12H18N2O3. The SMILES string of the molecule is C#CCNC(=O)CN1CCCC1C(=O)OCC. The van der Waals surface area contributed by atoms with Crippen molar-refractivity contribution in [2.45, 2.75) is 25.8 Å². The predicted molar refractivity (Wildman–Crippen MR) is 63.1 cm³/mol. The van der Waals surface area contributed by atoms with E-state index in [0.29, 0.717) is 6.61 Å². The van der Waals surface area contributed by atoms with Crippen LogP contribution in [0.3, 0.4) is 0 Å². The van der Waals surface area contributed by atoms with E-state index in [9.17, 15) is 9.59 Å². The average molecular weight is 238 g/mol. The molecule has 0 saturated carbocycles. The first-order chi connectivity index (χ1) is 8.19. The standard InChI is InChI=1S/C12H18N2O3/c1-3-7-13-11(15)9-14-8-5-6-10(14)12(16)17-4-2/h1,10H,4-9H2,2H3,(H,13,15). The summed E-state index contributed by atoms with van der Waals surface area (Å²) in [5.74, 6) is 1.94. The molecule has 0 aliphatic carbocycles. The van der Waals surface area contributed by atoms with Crippen LogP contribution >= 0.6 is 0 Å². The van der Waals surface area contributed by atoms with Gasteiger partial charge in [-0.2, -0.15) is 0 Å². The Hall–Kier alpha value is -1.54. The van der Waals surface area contributed by atoms with E-state index in [0.717, 1.165) is 19.4 Å². The van der Waals surface area contributed by atoms with Crippen LogP contribution < -0.4 is 5.32 Å². The van der Waals surface area contributed by atoms with Crippen molar-refractivity contribution >= 4 is 11.9 Å². The summed E-state index contributed by atoms with van der Waals surface area (Å²) in [6.45, 7) is 3.30.